The standard InChI is InChI=1S/C13H15ClFN3O2/c1-8(19)18-6-13(7-18)2-9(3-13)5-20-11-10(15)4-16-12(14)17-11/h4,9H,2-3,5-7H2,1H3. The number of halogens is 2. The molecular weight excluding hydrogens is 285 g/mol. The highest BCUT2D eigenvalue weighted by atomic mass is 35.5. The van der Waals surface area contributed by atoms with E-state index in [2.05, 4.69) is 9.97 Å². The third-order valence-corrected chi connectivity index (χ3v) is 4.26. The molecule has 3 rings (SSSR count). The minimum absolute atomic E-state index is 0.0254. The lowest BCUT2D eigenvalue weighted by molar-refractivity contribution is -0.154. The lowest BCUT2D eigenvalue weighted by Gasteiger charge is -2.58. The molecule has 1 saturated carbocycles. The number of nitrogens with zero attached hydrogens (tertiary/aromatic N) is 3. The second-order valence-electron chi connectivity index (χ2n) is 5.75. The number of ether oxygens (including phenoxy) is 1. The molecule has 0 N–H and O–H groups in total. The molecule has 2 aliphatic rings. The number of hydrogen-bond donors (Lipinski definition) is 0. The maximum Gasteiger partial charge on any atom is 0.254 e. The van der Waals surface area contributed by atoms with Crippen LogP contribution in [0.15, 0.2) is 6.20 Å². The van der Waals surface area contributed by atoms with Crippen molar-refractivity contribution < 1.29 is 13.9 Å². The Balaban J connectivity index is 1.46. The molecule has 20 heavy (non-hydrogen) atoms. The van der Waals surface area contributed by atoms with E-state index in [4.69, 9.17) is 16.3 Å². The summed E-state index contributed by atoms with van der Waals surface area (Å²) in [6.45, 7) is 3.69. The van der Waals surface area contributed by atoms with Crippen LogP contribution in [-0.4, -0.2) is 40.5 Å². The maximum absolute atomic E-state index is 13.4. The van der Waals surface area contributed by atoms with Crippen LogP contribution in [0.4, 0.5) is 4.39 Å². The van der Waals surface area contributed by atoms with Crippen molar-refractivity contribution in [2.24, 2.45) is 11.3 Å². The van der Waals surface area contributed by atoms with Gasteiger partial charge in [0.05, 0.1) is 12.8 Å². The predicted molar refractivity (Wildman–Crippen MR) is 69.9 cm³/mol. The summed E-state index contributed by atoms with van der Waals surface area (Å²) in [6.07, 6.45) is 3.03. The molecule has 1 aliphatic carbocycles. The van der Waals surface area contributed by atoms with Gasteiger partial charge in [-0.25, -0.2) is 4.98 Å². The van der Waals surface area contributed by atoms with Crippen LogP contribution in [0.2, 0.25) is 5.28 Å². The molecule has 108 valence electrons. The minimum atomic E-state index is -0.602. The molecule has 0 atom stereocenters. The fourth-order valence-electron chi connectivity index (χ4n) is 3.16. The van der Waals surface area contributed by atoms with E-state index in [0.29, 0.717) is 12.5 Å². The Bertz CT molecular complexity index is 540. The van der Waals surface area contributed by atoms with Crippen molar-refractivity contribution >= 4 is 17.5 Å². The van der Waals surface area contributed by atoms with Gasteiger partial charge in [0, 0.05) is 25.4 Å². The topological polar surface area (TPSA) is 55.3 Å². The molecule has 1 amide bonds. The Hall–Kier alpha value is -1.43. The highest BCUT2D eigenvalue weighted by Crippen LogP contribution is 2.51. The summed E-state index contributed by atoms with van der Waals surface area (Å²) >= 11 is 5.60. The highest BCUT2D eigenvalue weighted by Gasteiger charge is 2.53. The van der Waals surface area contributed by atoms with Gasteiger partial charge < -0.3 is 9.64 Å². The third-order valence-electron chi connectivity index (χ3n) is 4.08. The maximum atomic E-state index is 13.4. The van der Waals surface area contributed by atoms with Gasteiger partial charge >= 0.3 is 0 Å². The Morgan fingerprint density at radius 2 is 2.30 bits per heavy atom. The molecule has 1 saturated heterocycles. The van der Waals surface area contributed by atoms with Crippen LogP contribution in [0.5, 0.6) is 5.88 Å². The highest BCUT2D eigenvalue weighted by molar-refractivity contribution is 6.28. The molecule has 0 radical (unpaired) electrons. The van der Waals surface area contributed by atoms with Crippen LogP contribution >= 0.6 is 11.6 Å². The van der Waals surface area contributed by atoms with E-state index < -0.39 is 5.82 Å². The van der Waals surface area contributed by atoms with Crippen molar-refractivity contribution in [1.29, 1.82) is 0 Å². The first-order valence-electron chi connectivity index (χ1n) is 6.54. The fourth-order valence-corrected chi connectivity index (χ4v) is 3.28. The van der Waals surface area contributed by atoms with Crippen LogP contribution in [0.1, 0.15) is 19.8 Å². The summed E-state index contributed by atoms with van der Waals surface area (Å²) in [5.41, 5.74) is 0.279. The predicted octanol–water partition coefficient (Wildman–Crippen LogP) is 1.91. The molecular formula is C13H15ClFN3O2. The van der Waals surface area contributed by atoms with Crippen LogP contribution in [-0.2, 0) is 4.79 Å². The zero-order valence-electron chi connectivity index (χ0n) is 11.1. The van der Waals surface area contributed by atoms with Crippen LogP contribution in [0, 0.1) is 17.2 Å². The molecule has 1 spiro atoms. The van der Waals surface area contributed by atoms with Gasteiger partial charge in [-0.3, -0.25) is 4.79 Å². The number of rotatable bonds is 3. The zero-order valence-corrected chi connectivity index (χ0v) is 11.9. The van der Waals surface area contributed by atoms with Gasteiger partial charge in [-0.1, -0.05) is 0 Å². The summed E-state index contributed by atoms with van der Waals surface area (Å²) in [7, 11) is 0. The molecule has 2 fully saturated rings. The first-order chi connectivity index (χ1) is 9.47. The van der Waals surface area contributed by atoms with E-state index in [1.54, 1.807) is 6.92 Å². The first kappa shape index (κ1) is 13.5. The zero-order chi connectivity index (χ0) is 14.3. The normalized spacial score (nSPS) is 20.4. The Morgan fingerprint density at radius 1 is 1.60 bits per heavy atom. The van der Waals surface area contributed by atoms with E-state index in [9.17, 15) is 9.18 Å². The number of carbonyl (C=O) groups excluding carboxylic acids is 1. The molecule has 7 heteroatoms. The number of aromatic nitrogens is 2. The molecule has 1 aromatic heterocycles. The quantitative estimate of drug-likeness (QED) is 0.800. The van der Waals surface area contributed by atoms with E-state index in [0.717, 1.165) is 32.1 Å². The van der Waals surface area contributed by atoms with Crippen LogP contribution < -0.4 is 4.74 Å². The van der Waals surface area contributed by atoms with Crippen molar-refractivity contribution in [2.75, 3.05) is 19.7 Å². The Morgan fingerprint density at radius 3 is 2.95 bits per heavy atom. The molecule has 0 aromatic carbocycles. The van der Waals surface area contributed by atoms with Crippen molar-refractivity contribution in [3.8, 4) is 5.88 Å². The van der Waals surface area contributed by atoms with E-state index in [1.807, 2.05) is 4.90 Å². The average Bonchev–Trinajstić information content (AvgIpc) is 2.28. The number of carbonyl (C=O) groups is 1. The lowest BCUT2D eigenvalue weighted by atomic mass is 9.58. The van der Waals surface area contributed by atoms with Crippen molar-refractivity contribution in [3.05, 3.63) is 17.3 Å². The summed E-state index contributed by atoms with van der Waals surface area (Å²) in [5.74, 6) is -0.176. The van der Waals surface area contributed by atoms with Gasteiger partial charge in [0.25, 0.3) is 5.88 Å². The smallest absolute Gasteiger partial charge is 0.254 e. The Kier molecular flexibility index (Phi) is 3.28. The van der Waals surface area contributed by atoms with Crippen LogP contribution in [0.3, 0.4) is 0 Å². The van der Waals surface area contributed by atoms with Gasteiger partial charge in [0.2, 0.25) is 17.0 Å². The van der Waals surface area contributed by atoms with Gasteiger partial charge in [0.15, 0.2) is 0 Å². The number of amides is 1. The molecule has 0 unspecified atom stereocenters. The minimum Gasteiger partial charge on any atom is -0.475 e. The summed E-state index contributed by atoms with van der Waals surface area (Å²) in [5, 5.41) is -0.0254. The second kappa shape index (κ2) is 4.84. The fraction of sp³-hybridized carbons (Fsp3) is 0.615. The van der Waals surface area contributed by atoms with Gasteiger partial charge in [-0.15, -0.1) is 0 Å². The second-order valence-corrected chi connectivity index (χ2v) is 6.09. The summed E-state index contributed by atoms with van der Waals surface area (Å²) in [6, 6.07) is 0. The van der Waals surface area contributed by atoms with E-state index >= 15 is 0 Å². The monoisotopic (exact) mass is 299 g/mol. The molecule has 2 heterocycles. The lowest BCUT2D eigenvalue weighted by Crippen LogP contribution is -2.63. The van der Waals surface area contributed by atoms with E-state index in [-0.39, 0.29) is 22.5 Å². The van der Waals surface area contributed by atoms with Crippen molar-refractivity contribution in [3.63, 3.8) is 0 Å². The number of likely N-dealkylation sites (tertiary alicyclic amines) is 1. The largest absolute Gasteiger partial charge is 0.475 e. The molecule has 0 bridgehead atoms. The SMILES string of the molecule is CC(=O)N1CC2(CC(COc3nc(Cl)ncc3F)C2)C1. The average molecular weight is 300 g/mol. The summed E-state index contributed by atoms with van der Waals surface area (Å²) in [4.78, 5) is 20.2. The molecule has 1 aromatic rings. The van der Waals surface area contributed by atoms with Crippen LogP contribution in [0.25, 0.3) is 0 Å². The molecule has 5 nitrogen and oxygen atoms in total. The van der Waals surface area contributed by atoms with Gasteiger partial charge in [0.1, 0.15) is 0 Å². The third kappa shape index (κ3) is 2.44. The Labute approximate surface area is 121 Å². The summed E-state index contributed by atoms with van der Waals surface area (Å²) < 4.78 is 18.7. The van der Waals surface area contributed by atoms with E-state index in [1.165, 1.54) is 0 Å². The van der Waals surface area contributed by atoms with Gasteiger partial charge in [-0.05, 0) is 30.4 Å². The van der Waals surface area contributed by atoms with Crippen molar-refractivity contribution in [1.82, 2.24) is 14.9 Å². The first-order valence-corrected chi connectivity index (χ1v) is 6.92. The molecule has 1 aliphatic heterocycles. The van der Waals surface area contributed by atoms with Gasteiger partial charge in [-0.2, -0.15) is 9.37 Å². The van der Waals surface area contributed by atoms with Crippen molar-refractivity contribution in [2.45, 2.75) is 19.8 Å². The number of hydrogen-bond acceptors (Lipinski definition) is 4.